The Labute approximate surface area is 144 Å². The molecular formula is C19H17FN2O3. The van der Waals surface area contributed by atoms with Gasteiger partial charge in [-0.25, -0.2) is 9.37 Å². The number of aliphatic hydroxyl groups is 1. The number of benzene rings is 2. The van der Waals surface area contributed by atoms with Crippen LogP contribution in [0.4, 0.5) is 4.39 Å². The average molecular weight is 340 g/mol. The molecule has 2 aromatic carbocycles. The number of hydrogen-bond donors (Lipinski definition) is 2. The van der Waals surface area contributed by atoms with E-state index in [0.29, 0.717) is 17.1 Å². The lowest BCUT2D eigenvalue weighted by Gasteiger charge is -2.11. The molecule has 3 aromatic rings. The molecule has 0 spiro atoms. The van der Waals surface area contributed by atoms with Gasteiger partial charge in [-0.3, -0.25) is 4.79 Å². The minimum atomic E-state index is -0.901. The third kappa shape index (κ3) is 4.51. The number of halogens is 1. The number of carbonyl (C=O) groups excluding carboxylic acids is 1. The van der Waals surface area contributed by atoms with Crippen molar-refractivity contribution in [3.05, 3.63) is 77.9 Å². The van der Waals surface area contributed by atoms with Crippen molar-refractivity contribution in [2.75, 3.05) is 6.54 Å². The number of carbonyl (C=O) groups is 1. The predicted molar refractivity (Wildman–Crippen MR) is 90.0 cm³/mol. The van der Waals surface area contributed by atoms with Crippen molar-refractivity contribution >= 4 is 5.91 Å². The van der Waals surface area contributed by atoms with Gasteiger partial charge in [0.2, 0.25) is 11.8 Å². The van der Waals surface area contributed by atoms with E-state index in [1.165, 1.54) is 30.5 Å². The molecule has 0 saturated carbocycles. The summed E-state index contributed by atoms with van der Waals surface area (Å²) in [6.07, 6.45) is 0.590. The first-order valence-electron chi connectivity index (χ1n) is 7.82. The first-order valence-corrected chi connectivity index (χ1v) is 7.82. The van der Waals surface area contributed by atoms with E-state index in [4.69, 9.17) is 4.42 Å². The Balaban J connectivity index is 1.53. The number of nitrogens with zero attached hydrogens (tertiary/aromatic N) is 1. The number of hydrogen-bond acceptors (Lipinski definition) is 4. The zero-order valence-corrected chi connectivity index (χ0v) is 13.4. The monoisotopic (exact) mass is 340 g/mol. The van der Waals surface area contributed by atoms with Gasteiger partial charge < -0.3 is 14.8 Å². The minimum absolute atomic E-state index is 0.0356. The molecule has 0 aliphatic rings. The first kappa shape index (κ1) is 16.9. The highest BCUT2D eigenvalue weighted by Crippen LogP contribution is 2.18. The fraction of sp³-hybridized carbons (Fsp3) is 0.158. The molecule has 1 heterocycles. The van der Waals surface area contributed by atoms with Crippen LogP contribution < -0.4 is 5.32 Å². The van der Waals surface area contributed by atoms with Gasteiger partial charge in [-0.05, 0) is 29.8 Å². The Morgan fingerprint density at radius 2 is 1.88 bits per heavy atom. The third-order valence-electron chi connectivity index (χ3n) is 3.66. The van der Waals surface area contributed by atoms with Gasteiger partial charge in [0.25, 0.3) is 0 Å². The van der Waals surface area contributed by atoms with Gasteiger partial charge in [-0.2, -0.15) is 0 Å². The van der Waals surface area contributed by atoms with Gasteiger partial charge in [-0.15, -0.1) is 0 Å². The SMILES string of the molecule is O=C(Cc1coc(-c2ccccc2)n1)NCC(O)c1ccc(F)cc1. The van der Waals surface area contributed by atoms with Gasteiger partial charge in [0.1, 0.15) is 12.1 Å². The normalized spacial score (nSPS) is 11.9. The van der Waals surface area contributed by atoms with Crippen LogP contribution in [-0.2, 0) is 11.2 Å². The summed E-state index contributed by atoms with van der Waals surface area (Å²) in [4.78, 5) is 16.3. The molecule has 0 fully saturated rings. The van der Waals surface area contributed by atoms with Crippen molar-refractivity contribution in [1.29, 1.82) is 0 Å². The number of nitrogens with one attached hydrogen (secondary N) is 1. The van der Waals surface area contributed by atoms with Crippen molar-refractivity contribution in [1.82, 2.24) is 10.3 Å². The van der Waals surface area contributed by atoms with Crippen molar-refractivity contribution in [3.63, 3.8) is 0 Å². The topological polar surface area (TPSA) is 75.4 Å². The Bertz CT molecular complexity index is 831. The van der Waals surface area contributed by atoms with E-state index >= 15 is 0 Å². The van der Waals surface area contributed by atoms with Crippen LogP contribution in [-0.4, -0.2) is 22.5 Å². The molecule has 128 valence electrons. The second-order valence-electron chi connectivity index (χ2n) is 5.56. The first-order chi connectivity index (χ1) is 12.1. The Kier molecular flexibility index (Phi) is 5.20. The second-order valence-corrected chi connectivity index (χ2v) is 5.56. The molecule has 1 amide bonds. The molecule has 0 bridgehead atoms. The van der Waals surface area contributed by atoms with Crippen LogP contribution in [0.2, 0.25) is 0 Å². The highest BCUT2D eigenvalue weighted by atomic mass is 19.1. The van der Waals surface area contributed by atoms with Crippen molar-refractivity contribution < 1.29 is 18.7 Å². The number of rotatable bonds is 6. The summed E-state index contributed by atoms with van der Waals surface area (Å²) in [5, 5.41) is 12.6. The lowest BCUT2D eigenvalue weighted by Crippen LogP contribution is -2.29. The van der Waals surface area contributed by atoms with Crippen LogP contribution in [0.25, 0.3) is 11.5 Å². The van der Waals surface area contributed by atoms with Crippen LogP contribution in [0, 0.1) is 5.82 Å². The van der Waals surface area contributed by atoms with E-state index in [1.54, 1.807) is 0 Å². The maximum absolute atomic E-state index is 12.9. The maximum atomic E-state index is 12.9. The Morgan fingerprint density at radius 3 is 2.60 bits per heavy atom. The molecule has 25 heavy (non-hydrogen) atoms. The van der Waals surface area contributed by atoms with E-state index < -0.39 is 6.10 Å². The quantitative estimate of drug-likeness (QED) is 0.723. The summed E-state index contributed by atoms with van der Waals surface area (Å²) in [6.45, 7) is 0.0356. The van der Waals surface area contributed by atoms with Gasteiger partial charge in [0.15, 0.2) is 0 Å². The van der Waals surface area contributed by atoms with Gasteiger partial charge in [0, 0.05) is 12.1 Å². The van der Waals surface area contributed by atoms with E-state index in [1.807, 2.05) is 30.3 Å². The Morgan fingerprint density at radius 1 is 1.16 bits per heavy atom. The summed E-state index contributed by atoms with van der Waals surface area (Å²) in [5.41, 5.74) is 1.88. The highest BCUT2D eigenvalue weighted by Gasteiger charge is 2.13. The molecule has 1 unspecified atom stereocenters. The number of amides is 1. The number of aliphatic hydroxyl groups excluding tert-OH is 1. The van der Waals surface area contributed by atoms with E-state index in [9.17, 15) is 14.3 Å². The number of oxazole rings is 1. The molecule has 1 atom stereocenters. The molecule has 1 aromatic heterocycles. The fourth-order valence-electron chi connectivity index (χ4n) is 2.34. The van der Waals surface area contributed by atoms with Gasteiger partial charge >= 0.3 is 0 Å². The summed E-state index contributed by atoms with van der Waals surface area (Å²) in [6, 6.07) is 14.9. The molecule has 3 rings (SSSR count). The molecular weight excluding hydrogens is 323 g/mol. The van der Waals surface area contributed by atoms with Gasteiger partial charge in [0.05, 0.1) is 18.2 Å². The minimum Gasteiger partial charge on any atom is -0.444 e. The Hall–Kier alpha value is -2.99. The number of aromatic nitrogens is 1. The lowest BCUT2D eigenvalue weighted by molar-refractivity contribution is -0.120. The van der Waals surface area contributed by atoms with E-state index in [0.717, 1.165) is 5.56 Å². The fourth-order valence-corrected chi connectivity index (χ4v) is 2.34. The summed E-state index contributed by atoms with van der Waals surface area (Å²) in [7, 11) is 0. The van der Waals surface area contributed by atoms with Crippen molar-refractivity contribution in [3.8, 4) is 11.5 Å². The molecule has 0 radical (unpaired) electrons. The van der Waals surface area contributed by atoms with E-state index in [-0.39, 0.29) is 24.7 Å². The van der Waals surface area contributed by atoms with Crippen molar-refractivity contribution in [2.45, 2.75) is 12.5 Å². The maximum Gasteiger partial charge on any atom is 0.226 e. The molecule has 6 heteroatoms. The zero-order chi connectivity index (χ0) is 17.6. The smallest absolute Gasteiger partial charge is 0.226 e. The molecule has 0 aliphatic carbocycles. The van der Waals surface area contributed by atoms with Crippen LogP contribution in [0.3, 0.4) is 0 Å². The molecule has 2 N–H and O–H groups in total. The summed E-state index contributed by atoms with van der Waals surface area (Å²) in [5.74, 6) is -0.205. The van der Waals surface area contributed by atoms with Crippen LogP contribution in [0.1, 0.15) is 17.4 Å². The third-order valence-corrected chi connectivity index (χ3v) is 3.66. The van der Waals surface area contributed by atoms with E-state index in [2.05, 4.69) is 10.3 Å². The lowest BCUT2D eigenvalue weighted by atomic mass is 10.1. The largest absolute Gasteiger partial charge is 0.444 e. The van der Waals surface area contributed by atoms with Gasteiger partial charge in [-0.1, -0.05) is 30.3 Å². The summed E-state index contributed by atoms with van der Waals surface area (Å²) >= 11 is 0. The van der Waals surface area contributed by atoms with Crippen LogP contribution in [0.15, 0.2) is 65.3 Å². The standard InChI is InChI=1S/C19H17FN2O3/c20-15-8-6-13(7-9-15)17(23)11-21-18(24)10-16-12-25-19(22-16)14-4-2-1-3-5-14/h1-9,12,17,23H,10-11H2,(H,21,24). The second kappa shape index (κ2) is 7.72. The molecule has 5 nitrogen and oxygen atoms in total. The highest BCUT2D eigenvalue weighted by molar-refractivity contribution is 5.78. The molecule has 0 saturated heterocycles. The van der Waals surface area contributed by atoms with Crippen LogP contribution >= 0.6 is 0 Å². The van der Waals surface area contributed by atoms with Crippen LogP contribution in [0.5, 0.6) is 0 Å². The predicted octanol–water partition coefficient (Wildman–Crippen LogP) is 2.87. The average Bonchev–Trinajstić information content (AvgIpc) is 3.09. The molecule has 0 aliphatic heterocycles. The summed E-state index contributed by atoms with van der Waals surface area (Å²) < 4.78 is 18.2. The van der Waals surface area contributed by atoms with Crippen molar-refractivity contribution in [2.24, 2.45) is 0 Å². The zero-order valence-electron chi connectivity index (χ0n) is 13.4.